The van der Waals surface area contributed by atoms with Crippen LogP contribution in [0.25, 0.3) is 0 Å². The summed E-state index contributed by atoms with van der Waals surface area (Å²) in [6.07, 6.45) is 0.209. The number of halogens is 2. The summed E-state index contributed by atoms with van der Waals surface area (Å²) in [6, 6.07) is 7.13. The van der Waals surface area contributed by atoms with Gasteiger partial charge in [0.05, 0.1) is 5.33 Å². The first-order chi connectivity index (χ1) is 10.5. The van der Waals surface area contributed by atoms with Crippen LogP contribution in [0.3, 0.4) is 0 Å². The Labute approximate surface area is 147 Å². The molecule has 1 rings (SSSR count). The highest BCUT2D eigenvalue weighted by molar-refractivity contribution is 9.10. The number of rotatable bonds is 10. The van der Waals surface area contributed by atoms with Gasteiger partial charge in [-0.1, -0.05) is 44.0 Å². The molecule has 6 heteroatoms. The predicted molar refractivity (Wildman–Crippen MR) is 92.5 cm³/mol. The minimum absolute atomic E-state index is 0.0777. The molecule has 4 nitrogen and oxygen atoms in total. The molecule has 0 N–H and O–H groups in total. The Bertz CT molecular complexity index is 511. The fourth-order valence-corrected chi connectivity index (χ4v) is 3.08. The summed E-state index contributed by atoms with van der Waals surface area (Å²) in [4.78, 5) is 24.6. The number of carbonyl (C=O) groups is 2. The first-order valence-electron chi connectivity index (χ1n) is 7.15. The van der Waals surface area contributed by atoms with Crippen molar-refractivity contribution in [1.82, 2.24) is 0 Å². The number of benzene rings is 1. The molecule has 0 bridgehead atoms. The summed E-state index contributed by atoms with van der Waals surface area (Å²) in [5.41, 5.74) is 0.583. The van der Waals surface area contributed by atoms with Crippen molar-refractivity contribution in [3.8, 4) is 0 Å². The second-order valence-corrected chi connectivity index (χ2v) is 6.09. The third kappa shape index (κ3) is 5.26. The van der Waals surface area contributed by atoms with Crippen molar-refractivity contribution in [2.75, 3.05) is 18.5 Å². The van der Waals surface area contributed by atoms with Crippen LogP contribution in [0.15, 0.2) is 28.7 Å². The van der Waals surface area contributed by atoms with Crippen molar-refractivity contribution in [2.45, 2.75) is 32.5 Å². The standard InChI is InChI=1S/C16H20Br2O4/c1-3-21-16(11-17,22-4-2)15(20)9-8-14(19)12-6-5-7-13(18)10-12/h5-7,10H,3-4,8-9,11H2,1-2H3. The average molecular weight is 436 g/mol. The van der Waals surface area contributed by atoms with Crippen LogP contribution in [0, 0.1) is 0 Å². The van der Waals surface area contributed by atoms with Crippen LogP contribution in [0.5, 0.6) is 0 Å². The fourth-order valence-electron chi connectivity index (χ4n) is 2.04. The van der Waals surface area contributed by atoms with Crippen molar-refractivity contribution in [3.05, 3.63) is 34.3 Å². The zero-order valence-corrected chi connectivity index (χ0v) is 15.9. The summed E-state index contributed by atoms with van der Waals surface area (Å²) in [6.45, 7) is 4.32. The average Bonchev–Trinajstić information content (AvgIpc) is 2.51. The summed E-state index contributed by atoms with van der Waals surface area (Å²) < 4.78 is 11.8. The monoisotopic (exact) mass is 434 g/mol. The Morgan fingerprint density at radius 3 is 2.27 bits per heavy atom. The molecular formula is C16H20Br2O4. The highest BCUT2D eigenvalue weighted by atomic mass is 79.9. The van der Waals surface area contributed by atoms with Crippen molar-refractivity contribution in [3.63, 3.8) is 0 Å². The summed E-state index contributed by atoms with van der Waals surface area (Å²) >= 11 is 6.60. The SMILES string of the molecule is CCOC(CBr)(OCC)C(=O)CCC(=O)c1cccc(Br)c1. The Kier molecular flexibility index (Phi) is 8.46. The van der Waals surface area contributed by atoms with Crippen LogP contribution in [0.4, 0.5) is 0 Å². The molecule has 22 heavy (non-hydrogen) atoms. The normalized spacial score (nSPS) is 11.5. The van der Waals surface area contributed by atoms with Gasteiger partial charge in [0, 0.05) is 36.1 Å². The van der Waals surface area contributed by atoms with Crippen LogP contribution in [0.1, 0.15) is 37.0 Å². The Morgan fingerprint density at radius 2 is 1.77 bits per heavy atom. The molecule has 0 heterocycles. The topological polar surface area (TPSA) is 52.6 Å². The highest BCUT2D eigenvalue weighted by Gasteiger charge is 2.38. The Morgan fingerprint density at radius 1 is 1.14 bits per heavy atom. The number of carbonyl (C=O) groups excluding carboxylic acids is 2. The summed E-state index contributed by atoms with van der Waals surface area (Å²) in [7, 11) is 0. The zero-order valence-electron chi connectivity index (χ0n) is 12.7. The molecule has 0 radical (unpaired) electrons. The third-order valence-corrected chi connectivity index (χ3v) is 4.31. The van der Waals surface area contributed by atoms with E-state index < -0.39 is 5.79 Å². The number of alkyl halides is 1. The lowest BCUT2D eigenvalue weighted by Gasteiger charge is -2.29. The van der Waals surface area contributed by atoms with E-state index in [1.807, 2.05) is 6.07 Å². The number of Topliss-reactive ketones (excluding diaryl/α,β-unsaturated/α-hetero) is 2. The predicted octanol–water partition coefficient (Wildman–Crippen LogP) is 4.15. The Balaban J connectivity index is 2.72. The van der Waals surface area contributed by atoms with Crippen molar-refractivity contribution >= 4 is 43.4 Å². The summed E-state index contributed by atoms with van der Waals surface area (Å²) in [5, 5.41) is 0.242. The molecule has 0 atom stereocenters. The van der Waals surface area contributed by atoms with Gasteiger partial charge in [-0.25, -0.2) is 0 Å². The lowest BCUT2D eigenvalue weighted by atomic mass is 10.0. The first-order valence-corrected chi connectivity index (χ1v) is 9.06. The fraction of sp³-hybridized carbons (Fsp3) is 0.500. The maximum atomic E-state index is 12.4. The molecule has 0 fully saturated rings. The van der Waals surface area contributed by atoms with E-state index in [1.165, 1.54) is 0 Å². The van der Waals surface area contributed by atoms with Crippen LogP contribution in [0.2, 0.25) is 0 Å². The quantitative estimate of drug-likeness (QED) is 0.314. The number of hydrogen-bond acceptors (Lipinski definition) is 4. The molecule has 0 aromatic heterocycles. The molecule has 0 unspecified atom stereocenters. The van der Waals surface area contributed by atoms with Gasteiger partial charge in [0.15, 0.2) is 11.6 Å². The third-order valence-electron chi connectivity index (χ3n) is 3.08. The van der Waals surface area contributed by atoms with Gasteiger partial charge < -0.3 is 9.47 Å². The minimum atomic E-state index is -1.30. The molecule has 0 saturated heterocycles. The maximum absolute atomic E-state index is 12.4. The molecule has 0 aliphatic rings. The molecule has 1 aromatic rings. The lowest BCUT2D eigenvalue weighted by Crippen LogP contribution is -2.46. The van der Waals surface area contributed by atoms with Gasteiger partial charge in [-0.05, 0) is 26.0 Å². The molecule has 0 amide bonds. The van der Waals surface area contributed by atoms with E-state index in [0.717, 1.165) is 4.47 Å². The van der Waals surface area contributed by atoms with E-state index in [0.29, 0.717) is 18.8 Å². The molecule has 1 aromatic carbocycles. The highest BCUT2D eigenvalue weighted by Crippen LogP contribution is 2.22. The van der Waals surface area contributed by atoms with Crippen molar-refractivity contribution < 1.29 is 19.1 Å². The smallest absolute Gasteiger partial charge is 0.238 e. The number of ether oxygens (including phenoxy) is 2. The van der Waals surface area contributed by atoms with Gasteiger partial charge in [0.25, 0.3) is 0 Å². The number of ketones is 2. The van der Waals surface area contributed by atoms with Gasteiger partial charge in [-0.15, -0.1) is 0 Å². The van der Waals surface area contributed by atoms with Crippen molar-refractivity contribution in [2.24, 2.45) is 0 Å². The maximum Gasteiger partial charge on any atom is 0.238 e. The second kappa shape index (κ2) is 9.55. The van der Waals surface area contributed by atoms with Gasteiger partial charge in [0.1, 0.15) is 0 Å². The Hall–Kier alpha value is -0.560. The van der Waals surface area contributed by atoms with Crippen LogP contribution < -0.4 is 0 Å². The van der Waals surface area contributed by atoms with E-state index in [9.17, 15) is 9.59 Å². The van der Waals surface area contributed by atoms with Crippen LogP contribution in [-0.4, -0.2) is 35.9 Å². The van der Waals surface area contributed by atoms with Gasteiger partial charge in [-0.3, -0.25) is 9.59 Å². The molecule has 0 saturated carbocycles. The number of hydrogen-bond donors (Lipinski definition) is 0. The first kappa shape index (κ1) is 19.5. The minimum Gasteiger partial charge on any atom is -0.343 e. The zero-order chi connectivity index (χ0) is 16.6. The summed E-state index contributed by atoms with van der Waals surface area (Å²) in [5.74, 6) is -1.61. The molecule has 0 aliphatic carbocycles. The van der Waals surface area contributed by atoms with Crippen LogP contribution in [-0.2, 0) is 14.3 Å². The van der Waals surface area contributed by atoms with Crippen molar-refractivity contribution in [1.29, 1.82) is 0 Å². The van der Waals surface area contributed by atoms with E-state index in [-0.39, 0.29) is 29.7 Å². The van der Waals surface area contributed by atoms with Gasteiger partial charge >= 0.3 is 0 Å². The lowest BCUT2D eigenvalue weighted by molar-refractivity contribution is -0.214. The van der Waals surface area contributed by atoms with Gasteiger partial charge in [-0.2, -0.15) is 0 Å². The largest absolute Gasteiger partial charge is 0.343 e. The van der Waals surface area contributed by atoms with Crippen LogP contribution >= 0.6 is 31.9 Å². The molecule has 0 aliphatic heterocycles. The van der Waals surface area contributed by atoms with E-state index in [1.54, 1.807) is 32.0 Å². The van der Waals surface area contributed by atoms with E-state index in [4.69, 9.17) is 9.47 Å². The molecule has 0 spiro atoms. The molecular weight excluding hydrogens is 416 g/mol. The second-order valence-electron chi connectivity index (χ2n) is 4.61. The van der Waals surface area contributed by atoms with E-state index >= 15 is 0 Å². The van der Waals surface area contributed by atoms with Gasteiger partial charge in [0.2, 0.25) is 5.79 Å². The molecule has 122 valence electrons. The van der Waals surface area contributed by atoms with E-state index in [2.05, 4.69) is 31.9 Å².